The van der Waals surface area contributed by atoms with E-state index in [2.05, 4.69) is 55.9 Å². The van der Waals surface area contributed by atoms with Gasteiger partial charge in [-0.2, -0.15) is 0 Å². The van der Waals surface area contributed by atoms with E-state index in [1.54, 1.807) is 0 Å². The van der Waals surface area contributed by atoms with Crippen molar-refractivity contribution in [2.24, 2.45) is 4.52 Å². The maximum absolute atomic E-state index is 6.53. The van der Waals surface area contributed by atoms with Crippen LogP contribution in [0.3, 0.4) is 0 Å². The first-order chi connectivity index (χ1) is 17.2. The summed E-state index contributed by atoms with van der Waals surface area (Å²) in [5.41, 5.74) is -2.89. The topological polar surface area (TPSA) is 22.1 Å². The fraction of sp³-hybridized carbons (Fsp3) is 1.00. The molecule has 0 aliphatic carbocycles. The summed E-state index contributed by atoms with van der Waals surface area (Å²) in [6.45, 7) is 9.80. The molecule has 0 bridgehead atoms. The summed E-state index contributed by atoms with van der Waals surface area (Å²) < 4.78 is 12.5. The van der Waals surface area contributed by atoms with Gasteiger partial charge < -0.3 is 0 Å². The van der Waals surface area contributed by atoms with Crippen molar-refractivity contribution in [1.82, 2.24) is 14.0 Å². The summed E-state index contributed by atoms with van der Waals surface area (Å²) >= 11 is 19.6. The van der Waals surface area contributed by atoms with Crippen molar-refractivity contribution in [3.05, 3.63) is 0 Å². The largest absolute Gasteiger partial charge is 0.423 e. The van der Waals surface area contributed by atoms with Crippen molar-refractivity contribution in [3.8, 4) is 0 Å². The molecule has 0 unspecified atom stereocenters. The lowest BCUT2D eigenvalue weighted by Crippen LogP contribution is -2.37. The SMILES string of the molecule is CCCCCCCCN(C)P(=N[P+](Cl)(Cl)Cl)(N(C)CCCCCCCC)N(C)CCCCCCCC. The molecule has 0 rings (SSSR count). The third-order valence-electron chi connectivity index (χ3n) is 7.10. The van der Waals surface area contributed by atoms with Crippen LogP contribution in [0.25, 0.3) is 0 Å². The Kier molecular flexibility index (Phi) is 24.1. The molecule has 0 aromatic rings. The first-order valence-electron chi connectivity index (χ1n) is 14.9. The standard InChI is InChI=1S/C27H60Cl3N4P2/c1-7-10-13-16-19-22-25-32(4)36(31-35(28,29)30,33(5)26-23-20-17-14-11-8-2)34(6)27-24-21-18-15-12-9-3/h7-27H2,1-6H3/q+1. The van der Waals surface area contributed by atoms with Gasteiger partial charge in [0.15, 0.2) is 33.7 Å². The van der Waals surface area contributed by atoms with Crippen LogP contribution in [0, 0.1) is 0 Å². The van der Waals surface area contributed by atoms with Crippen molar-refractivity contribution >= 4 is 46.7 Å². The molecule has 0 aromatic heterocycles. The second kappa shape index (κ2) is 23.1. The van der Waals surface area contributed by atoms with Gasteiger partial charge in [0.1, 0.15) is 0 Å². The van der Waals surface area contributed by atoms with Gasteiger partial charge in [0.2, 0.25) is 7.51 Å². The third-order valence-corrected chi connectivity index (χ3v) is 14.0. The molecule has 0 saturated heterocycles. The summed E-state index contributed by atoms with van der Waals surface area (Å²) in [5, 5.41) is 0. The Morgan fingerprint density at radius 1 is 0.472 bits per heavy atom. The predicted octanol–water partition coefficient (Wildman–Crippen LogP) is 12.2. The van der Waals surface area contributed by atoms with Gasteiger partial charge in [-0.1, -0.05) is 117 Å². The lowest BCUT2D eigenvalue weighted by Gasteiger charge is -2.44. The maximum Gasteiger partial charge on any atom is 0.423 e. The molecule has 218 valence electrons. The van der Waals surface area contributed by atoms with E-state index in [-0.39, 0.29) is 0 Å². The Morgan fingerprint density at radius 2 is 0.722 bits per heavy atom. The normalized spacial score (nSPS) is 12.9. The minimum absolute atomic E-state index is 0.996. The van der Waals surface area contributed by atoms with E-state index in [1.807, 2.05) is 0 Å². The van der Waals surface area contributed by atoms with Gasteiger partial charge in [0.25, 0.3) is 0 Å². The van der Waals surface area contributed by atoms with E-state index < -0.39 is 13.0 Å². The number of nitrogens with zero attached hydrogens (tertiary/aromatic N) is 4. The molecule has 4 nitrogen and oxygen atoms in total. The molecule has 0 atom stereocenters. The van der Waals surface area contributed by atoms with Crippen LogP contribution < -0.4 is 0 Å². The molecular formula is C27H60Cl3N4P2+. The average molecular weight is 609 g/mol. The highest BCUT2D eigenvalue weighted by atomic mass is 36.1. The molecule has 0 radical (unpaired) electrons. The Labute approximate surface area is 241 Å². The highest BCUT2D eigenvalue weighted by molar-refractivity contribution is 8.32. The summed E-state index contributed by atoms with van der Waals surface area (Å²) in [4.78, 5) is 0. The summed E-state index contributed by atoms with van der Waals surface area (Å²) in [6, 6.07) is 0. The second-order valence-electron chi connectivity index (χ2n) is 10.5. The van der Waals surface area contributed by atoms with Gasteiger partial charge in [-0.15, -0.1) is 0 Å². The molecule has 0 spiro atoms. The molecule has 0 heterocycles. The molecule has 0 aliphatic heterocycles. The molecule has 0 N–H and O–H groups in total. The highest BCUT2D eigenvalue weighted by Gasteiger charge is 2.44. The zero-order valence-corrected chi connectivity index (χ0v) is 28.7. The van der Waals surface area contributed by atoms with Crippen molar-refractivity contribution < 1.29 is 0 Å². The molecule has 0 aromatic carbocycles. The van der Waals surface area contributed by atoms with Gasteiger partial charge in [0, 0.05) is 19.6 Å². The zero-order valence-electron chi connectivity index (χ0n) is 24.7. The summed E-state index contributed by atoms with van der Waals surface area (Å²) in [7, 11) is 4.37. The number of hydrogen-bond donors (Lipinski definition) is 0. The zero-order chi connectivity index (χ0) is 27.3. The Hall–Kier alpha value is 1.41. The molecule has 0 saturated carbocycles. The predicted molar refractivity (Wildman–Crippen MR) is 172 cm³/mol. The van der Waals surface area contributed by atoms with Crippen LogP contribution in [0.4, 0.5) is 0 Å². The Balaban J connectivity index is 5.54. The summed E-state index contributed by atoms with van der Waals surface area (Å²) in [6.07, 6.45) is 23.1. The van der Waals surface area contributed by atoms with Crippen LogP contribution in [0.2, 0.25) is 0 Å². The lowest BCUT2D eigenvalue weighted by molar-refractivity contribution is 0.361. The Bertz CT molecular complexity index is 500. The van der Waals surface area contributed by atoms with Crippen molar-refractivity contribution in [1.29, 1.82) is 0 Å². The molecule has 36 heavy (non-hydrogen) atoms. The average Bonchev–Trinajstić information content (AvgIpc) is 2.83. The summed E-state index contributed by atoms with van der Waals surface area (Å²) in [5.74, 6) is 0. The minimum atomic E-state index is -2.89. The van der Waals surface area contributed by atoms with Crippen LogP contribution in [0.15, 0.2) is 4.52 Å². The number of hydrogen-bond acceptors (Lipinski definition) is 1. The van der Waals surface area contributed by atoms with Gasteiger partial charge in [-0.05, 0) is 44.9 Å². The van der Waals surface area contributed by atoms with Gasteiger partial charge in [-0.25, -0.2) is 14.0 Å². The van der Waals surface area contributed by atoms with Crippen molar-refractivity contribution in [2.45, 2.75) is 136 Å². The van der Waals surface area contributed by atoms with Crippen LogP contribution in [0.5, 0.6) is 0 Å². The van der Waals surface area contributed by atoms with Crippen LogP contribution in [0.1, 0.15) is 136 Å². The van der Waals surface area contributed by atoms with E-state index in [0.717, 1.165) is 19.6 Å². The van der Waals surface area contributed by atoms with E-state index in [0.29, 0.717) is 0 Å². The molecule has 9 heteroatoms. The molecule has 0 fully saturated rings. The van der Waals surface area contributed by atoms with E-state index in [9.17, 15) is 0 Å². The Morgan fingerprint density at radius 3 is 0.972 bits per heavy atom. The van der Waals surface area contributed by atoms with Gasteiger partial charge in [0.05, 0.1) is 0 Å². The van der Waals surface area contributed by atoms with Gasteiger partial charge in [-0.3, -0.25) is 0 Å². The third kappa shape index (κ3) is 17.2. The first-order valence-corrected chi connectivity index (χ1v) is 21.0. The number of unbranched alkanes of at least 4 members (excludes halogenated alkanes) is 15. The number of rotatable bonds is 25. The monoisotopic (exact) mass is 607 g/mol. The molecule has 0 aliphatic rings. The first kappa shape index (κ1) is 37.4. The smallest absolute Gasteiger partial charge is 0.246 e. The van der Waals surface area contributed by atoms with E-state index in [4.69, 9.17) is 38.2 Å². The van der Waals surface area contributed by atoms with Gasteiger partial charge >= 0.3 is 5.47 Å². The molecular weight excluding hydrogens is 549 g/mol. The number of halogens is 3. The minimum Gasteiger partial charge on any atom is -0.246 e. The fourth-order valence-corrected chi connectivity index (χ4v) is 12.9. The van der Waals surface area contributed by atoms with E-state index >= 15 is 0 Å². The van der Waals surface area contributed by atoms with Crippen LogP contribution >= 0.6 is 46.7 Å². The quantitative estimate of drug-likeness (QED) is 0.0760. The van der Waals surface area contributed by atoms with Crippen molar-refractivity contribution in [3.63, 3.8) is 0 Å². The fourth-order valence-electron chi connectivity index (χ4n) is 4.89. The van der Waals surface area contributed by atoms with Crippen LogP contribution in [-0.2, 0) is 0 Å². The van der Waals surface area contributed by atoms with Crippen LogP contribution in [-0.4, -0.2) is 54.8 Å². The molecule has 0 amide bonds. The van der Waals surface area contributed by atoms with E-state index in [1.165, 1.54) is 116 Å². The lowest BCUT2D eigenvalue weighted by atomic mass is 10.1. The van der Waals surface area contributed by atoms with Crippen molar-refractivity contribution in [2.75, 3.05) is 40.8 Å². The maximum atomic E-state index is 6.53. The second-order valence-corrected chi connectivity index (χ2v) is 21.1. The highest BCUT2D eigenvalue weighted by Crippen LogP contribution is 2.81.